The fourth-order valence-electron chi connectivity index (χ4n) is 3.41. The van der Waals surface area contributed by atoms with Gasteiger partial charge in [-0.15, -0.1) is 0 Å². The zero-order valence-corrected chi connectivity index (χ0v) is 18.1. The molecule has 0 amide bonds. The maximum atomic E-state index is 13.1. The van der Waals surface area contributed by atoms with Gasteiger partial charge in [0.05, 0.1) is 7.11 Å². The van der Waals surface area contributed by atoms with Crippen LogP contribution in [-0.4, -0.2) is 75.3 Å². The lowest BCUT2D eigenvalue weighted by atomic mass is 10.2. The van der Waals surface area contributed by atoms with E-state index < -0.39 is 11.9 Å². The molecule has 10 heteroatoms. The number of nitrogens with zero attached hydrogens (tertiary/aromatic N) is 5. The van der Waals surface area contributed by atoms with E-state index >= 15 is 0 Å². The van der Waals surface area contributed by atoms with Crippen LogP contribution in [0.1, 0.15) is 12.1 Å². The Labute approximate surface area is 180 Å². The fourth-order valence-corrected chi connectivity index (χ4v) is 3.41. The molecule has 2 aromatic rings. The molecule has 0 atom stereocenters. The molecule has 0 unspecified atom stereocenters. The summed E-state index contributed by atoms with van der Waals surface area (Å²) in [4.78, 5) is 14.0. The van der Waals surface area contributed by atoms with Crippen molar-refractivity contribution >= 4 is 17.5 Å². The quantitative estimate of drug-likeness (QED) is 0.636. The van der Waals surface area contributed by atoms with Crippen molar-refractivity contribution in [1.29, 1.82) is 0 Å². The van der Waals surface area contributed by atoms with Crippen molar-refractivity contribution in [2.45, 2.75) is 12.6 Å². The average Bonchev–Trinajstić information content (AvgIpc) is 2.76. The second-order valence-electron chi connectivity index (χ2n) is 7.63. The summed E-state index contributed by atoms with van der Waals surface area (Å²) < 4.78 is 44.4. The second-order valence-corrected chi connectivity index (χ2v) is 7.63. The summed E-state index contributed by atoms with van der Waals surface area (Å²) in [5.41, 5.74) is 0.240. The van der Waals surface area contributed by atoms with Gasteiger partial charge in [-0.25, -0.2) is 4.98 Å². The predicted molar refractivity (Wildman–Crippen MR) is 116 cm³/mol. The summed E-state index contributed by atoms with van der Waals surface area (Å²) >= 11 is 0. The molecule has 0 aliphatic carbocycles. The van der Waals surface area contributed by atoms with E-state index in [9.17, 15) is 13.2 Å². The van der Waals surface area contributed by atoms with Gasteiger partial charge in [0.15, 0.2) is 5.69 Å². The third kappa shape index (κ3) is 6.36. The lowest BCUT2D eigenvalue weighted by molar-refractivity contribution is -0.141. The van der Waals surface area contributed by atoms with Gasteiger partial charge >= 0.3 is 6.18 Å². The first-order valence-corrected chi connectivity index (χ1v) is 10.2. The molecule has 1 fully saturated rings. The maximum absolute atomic E-state index is 13.1. The molecule has 2 heterocycles. The molecule has 1 saturated heterocycles. The molecular formula is C21H29F3N6O. The largest absolute Gasteiger partial charge is 0.497 e. The van der Waals surface area contributed by atoms with Gasteiger partial charge in [-0.1, -0.05) is 0 Å². The zero-order chi connectivity index (χ0) is 22.4. The Morgan fingerprint density at radius 2 is 1.74 bits per heavy atom. The predicted octanol–water partition coefficient (Wildman–Crippen LogP) is 3.19. The van der Waals surface area contributed by atoms with Crippen molar-refractivity contribution in [1.82, 2.24) is 14.9 Å². The molecule has 1 N–H and O–H groups in total. The second kappa shape index (κ2) is 10.0. The molecule has 1 aromatic heterocycles. The van der Waals surface area contributed by atoms with E-state index in [1.807, 2.05) is 12.1 Å². The van der Waals surface area contributed by atoms with Crippen molar-refractivity contribution in [2.75, 3.05) is 75.6 Å². The number of hydrogen-bond donors (Lipinski definition) is 1. The summed E-state index contributed by atoms with van der Waals surface area (Å²) in [6, 6.07) is 9.01. The van der Waals surface area contributed by atoms with Gasteiger partial charge < -0.3 is 19.9 Å². The van der Waals surface area contributed by atoms with Crippen LogP contribution in [-0.2, 0) is 6.18 Å². The lowest BCUT2D eigenvalue weighted by Gasteiger charge is -2.36. The molecule has 1 aromatic carbocycles. The number of benzene rings is 1. The number of hydrogen-bond acceptors (Lipinski definition) is 7. The van der Waals surface area contributed by atoms with E-state index in [-0.39, 0.29) is 11.8 Å². The van der Waals surface area contributed by atoms with Crippen LogP contribution in [0.4, 0.5) is 30.6 Å². The van der Waals surface area contributed by atoms with Crippen molar-refractivity contribution in [2.24, 2.45) is 0 Å². The number of anilines is 3. The Morgan fingerprint density at radius 1 is 1.06 bits per heavy atom. The van der Waals surface area contributed by atoms with Gasteiger partial charge in [-0.05, 0) is 37.2 Å². The van der Waals surface area contributed by atoms with Gasteiger partial charge in [0.25, 0.3) is 0 Å². The third-order valence-electron chi connectivity index (χ3n) is 5.21. The Morgan fingerprint density at radius 3 is 2.32 bits per heavy atom. The average molecular weight is 438 g/mol. The molecule has 3 rings (SSSR count). The summed E-state index contributed by atoms with van der Waals surface area (Å²) in [6.07, 6.45) is -3.72. The highest BCUT2D eigenvalue weighted by atomic mass is 19.4. The van der Waals surface area contributed by atoms with Crippen molar-refractivity contribution < 1.29 is 17.9 Å². The first kappa shape index (κ1) is 22.9. The van der Waals surface area contributed by atoms with Crippen LogP contribution in [0.15, 0.2) is 30.3 Å². The molecule has 31 heavy (non-hydrogen) atoms. The van der Waals surface area contributed by atoms with Crippen LogP contribution >= 0.6 is 0 Å². The van der Waals surface area contributed by atoms with Crippen molar-refractivity contribution in [3.8, 4) is 5.75 Å². The minimum Gasteiger partial charge on any atom is -0.497 e. The Bertz CT molecular complexity index is 836. The molecule has 0 spiro atoms. The van der Waals surface area contributed by atoms with Gasteiger partial charge in [0.2, 0.25) is 5.95 Å². The first-order chi connectivity index (χ1) is 14.8. The molecule has 170 valence electrons. The van der Waals surface area contributed by atoms with E-state index in [0.29, 0.717) is 6.54 Å². The zero-order valence-electron chi connectivity index (χ0n) is 18.1. The molecule has 7 nitrogen and oxygen atoms in total. The number of methoxy groups -OCH3 is 1. The Hall–Kier alpha value is -2.75. The highest BCUT2D eigenvalue weighted by Crippen LogP contribution is 2.30. The van der Waals surface area contributed by atoms with E-state index in [0.717, 1.165) is 51.0 Å². The Balaban J connectivity index is 1.45. The lowest BCUT2D eigenvalue weighted by Crippen LogP contribution is -2.46. The molecule has 1 aliphatic heterocycles. The summed E-state index contributed by atoms with van der Waals surface area (Å²) in [6.45, 7) is 5.12. The number of rotatable bonds is 8. The first-order valence-electron chi connectivity index (χ1n) is 10.2. The molecule has 0 radical (unpaired) electrons. The summed E-state index contributed by atoms with van der Waals surface area (Å²) in [5.74, 6) is 1.07. The van der Waals surface area contributed by atoms with Crippen LogP contribution < -0.4 is 19.9 Å². The maximum Gasteiger partial charge on any atom is 0.433 e. The van der Waals surface area contributed by atoms with E-state index in [4.69, 9.17) is 4.74 Å². The highest BCUT2D eigenvalue weighted by molar-refractivity contribution is 5.49. The SMILES string of the molecule is COc1ccc(N2CCN(CCCNc3nc(N(C)C)cc(C(F)(F)F)n3)CC2)cc1. The topological polar surface area (TPSA) is 56.8 Å². The number of aromatic nitrogens is 2. The van der Waals surface area contributed by atoms with Crippen LogP contribution in [0, 0.1) is 0 Å². The van der Waals surface area contributed by atoms with E-state index in [1.165, 1.54) is 10.6 Å². The summed E-state index contributed by atoms with van der Waals surface area (Å²) in [5, 5.41) is 2.94. The van der Waals surface area contributed by atoms with Crippen LogP contribution in [0.3, 0.4) is 0 Å². The molecular weight excluding hydrogens is 409 g/mol. The summed E-state index contributed by atoms with van der Waals surface area (Å²) in [7, 11) is 4.96. The highest BCUT2D eigenvalue weighted by Gasteiger charge is 2.34. The Kier molecular flexibility index (Phi) is 7.42. The van der Waals surface area contributed by atoms with Crippen molar-refractivity contribution in [3.63, 3.8) is 0 Å². The van der Waals surface area contributed by atoms with Gasteiger partial charge in [-0.2, -0.15) is 18.2 Å². The standard InChI is InChI=1S/C21H29F3N6O/c1-28(2)19-15-18(21(22,23)24)26-20(27-19)25-9-4-10-29-11-13-30(14-12-29)16-5-7-17(31-3)8-6-16/h5-8,15H,4,9-14H2,1-3H3,(H,25,26,27). The smallest absolute Gasteiger partial charge is 0.433 e. The van der Waals surface area contributed by atoms with Gasteiger partial charge in [0.1, 0.15) is 11.6 Å². The van der Waals surface area contributed by atoms with Gasteiger partial charge in [0, 0.05) is 58.6 Å². The monoisotopic (exact) mass is 438 g/mol. The number of alkyl halides is 3. The normalized spacial score (nSPS) is 15.1. The molecule has 1 aliphatic rings. The van der Waals surface area contributed by atoms with Crippen LogP contribution in [0.2, 0.25) is 0 Å². The van der Waals surface area contributed by atoms with Crippen LogP contribution in [0.25, 0.3) is 0 Å². The molecule has 0 bridgehead atoms. The molecule has 0 saturated carbocycles. The van der Waals surface area contributed by atoms with E-state index in [1.54, 1.807) is 21.2 Å². The fraction of sp³-hybridized carbons (Fsp3) is 0.524. The minimum absolute atomic E-state index is 0.00264. The number of nitrogens with one attached hydrogen (secondary N) is 1. The van der Waals surface area contributed by atoms with E-state index in [2.05, 4.69) is 37.2 Å². The number of halogens is 3. The van der Waals surface area contributed by atoms with Crippen LogP contribution in [0.5, 0.6) is 5.75 Å². The van der Waals surface area contributed by atoms with Gasteiger partial charge in [-0.3, -0.25) is 4.90 Å². The number of ether oxygens (including phenoxy) is 1. The third-order valence-corrected chi connectivity index (χ3v) is 5.21. The van der Waals surface area contributed by atoms with Crippen molar-refractivity contribution in [3.05, 3.63) is 36.0 Å². The minimum atomic E-state index is -4.51. The number of piperazine rings is 1.